The summed E-state index contributed by atoms with van der Waals surface area (Å²) in [5.74, 6) is -1.10. The predicted octanol–water partition coefficient (Wildman–Crippen LogP) is 4.33. The van der Waals surface area contributed by atoms with Gasteiger partial charge in [-0.1, -0.05) is 18.2 Å². The van der Waals surface area contributed by atoms with Gasteiger partial charge in [-0.3, -0.25) is 4.79 Å². The van der Waals surface area contributed by atoms with Gasteiger partial charge in [-0.25, -0.2) is 22.5 Å². The van der Waals surface area contributed by atoms with E-state index < -0.39 is 21.7 Å². The van der Waals surface area contributed by atoms with E-state index in [1.165, 1.54) is 19.4 Å². The summed E-state index contributed by atoms with van der Waals surface area (Å²) in [5.41, 5.74) is 2.18. The van der Waals surface area contributed by atoms with Crippen LogP contribution in [0.25, 0.3) is 33.0 Å². The number of benzene rings is 2. The van der Waals surface area contributed by atoms with Gasteiger partial charge in [0.05, 0.1) is 37.1 Å². The van der Waals surface area contributed by atoms with E-state index in [0.29, 0.717) is 33.2 Å². The zero-order chi connectivity index (χ0) is 24.7. The Bertz CT molecular complexity index is 1710. The number of halogens is 1. The van der Waals surface area contributed by atoms with E-state index in [0.717, 1.165) is 11.6 Å². The van der Waals surface area contributed by atoms with Crippen LogP contribution in [-0.4, -0.2) is 37.2 Å². The molecule has 0 atom stereocenters. The first kappa shape index (κ1) is 22.6. The molecule has 3 aromatic heterocycles. The number of nitrogens with zero attached hydrogens (tertiary/aromatic N) is 2. The molecule has 0 spiro atoms. The van der Waals surface area contributed by atoms with E-state index in [-0.39, 0.29) is 18.1 Å². The number of rotatable bonds is 6. The number of ether oxygens (including phenoxy) is 1. The molecule has 0 fully saturated rings. The number of hydrogen-bond donors (Lipinski definition) is 1. The van der Waals surface area contributed by atoms with Crippen molar-refractivity contribution in [3.8, 4) is 17.0 Å². The van der Waals surface area contributed by atoms with E-state index in [1.54, 1.807) is 53.2 Å². The first-order valence-corrected chi connectivity index (χ1v) is 12.4. The maximum atomic E-state index is 14.7. The van der Waals surface area contributed by atoms with Crippen LogP contribution in [0, 0.1) is 5.82 Å². The monoisotopic (exact) mass is 493 g/mol. The summed E-state index contributed by atoms with van der Waals surface area (Å²) < 4.78 is 53.6. The Morgan fingerprint density at radius 3 is 2.69 bits per heavy atom. The van der Waals surface area contributed by atoms with Crippen LogP contribution in [0.1, 0.15) is 16.1 Å². The molecule has 0 bridgehead atoms. The molecule has 8 nitrogen and oxygen atoms in total. The van der Waals surface area contributed by atoms with E-state index in [4.69, 9.17) is 9.15 Å². The number of fused-ring (bicyclic) bond motifs is 3. The highest BCUT2D eigenvalue weighted by Gasteiger charge is 2.30. The number of methoxy groups -OCH3 is 1. The van der Waals surface area contributed by atoms with Gasteiger partial charge < -0.3 is 13.7 Å². The smallest absolute Gasteiger partial charge is 0.282 e. The van der Waals surface area contributed by atoms with Crippen molar-refractivity contribution in [3.05, 3.63) is 84.1 Å². The van der Waals surface area contributed by atoms with Gasteiger partial charge in [-0.05, 0) is 36.4 Å². The SMILES string of the molecule is COc1ncccc1-c1c(C(=O)NS(C)(=O)=O)n(Cc2ccccc2F)c2ccc3ccoc3c12. The van der Waals surface area contributed by atoms with Crippen molar-refractivity contribution in [2.75, 3.05) is 13.4 Å². The second-order valence-corrected chi connectivity index (χ2v) is 9.71. The van der Waals surface area contributed by atoms with Gasteiger partial charge in [0.1, 0.15) is 17.1 Å². The number of amides is 1. The lowest BCUT2D eigenvalue weighted by Gasteiger charge is -2.13. The largest absolute Gasteiger partial charge is 0.481 e. The van der Waals surface area contributed by atoms with Crippen LogP contribution in [-0.2, 0) is 16.6 Å². The fraction of sp³-hybridized carbons (Fsp3) is 0.120. The molecule has 10 heteroatoms. The van der Waals surface area contributed by atoms with Crippen LogP contribution in [0.5, 0.6) is 5.88 Å². The molecule has 0 aliphatic carbocycles. The van der Waals surface area contributed by atoms with Gasteiger partial charge in [0, 0.05) is 28.3 Å². The summed E-state index contributed by atoms with van der Waals surface area (Å²) in [7, 11) is -2.46. The third-order valence-corrected chi connectivity index (χ3v) is 6.22. The van der Waals surface area contributed by atoms with Gasteiger partial charge in [-0.15, -0.1) is 0 Å². The number of aromatic nitrogens is 2. The normalized spacial score (nSPS) is 11.7. The average Bonchev–Trinajstić information content (AvgIpc) is 3.42. The lowest BCUT2D eigenvalue weighted by atomic mass is 10.0. The van der Waals surface area contributed by atoms with Crippen molar-refractivity contribution >= 4 is 37.8 Å². The summed E-state index contributed by atoms with van der Waals surface area (Å²) in [4.78, 5) is 17.8. The first-order chi connectivity index (χ1) is 16.8. The molecule has 35 heavy (non-hydrogen) atoms. The fourth-order valence-electron chi connectivity index (χ4n) is 4.28. The van der Waals surface area contributed by atoms with E-state index in [1.807, 2.05) is 6.07 Å². The zero-order valence-electron chi connectivity index (χ0n) is 18.8. The highest BCUT2D eigenvalue weighted by molar-refractivity contribution is 7.89. The molecule has 0 radical (unpaired) electrons. The molecule has 178 valence electrons. The van der Waals surface area contributed by atoms with Gasteiger partial charge in [0.25, 0.3) is 5.91 Å². The molecule has 5 rings (SSSR count). The Labute approximate surface area is 200 Å². The van der Waals surface area contributed by atoms with Crippen molar-refractivity contribution in [2.45, 2.75) is 6.54 Å². The second kappa shape index (κ2) is 8.55. The molecule has 0 aliphatic heterocycles. The molecule has 3 heterocycles. The molecular formula is C25H20FN3O5S. The molecule has 0 saturated carbocycles. The van der Waals surface area contributed by atoms with Gasteiger partial charge in [0.2, 0.25) is 15.9 Å². The van der Waals surface area contributed by atoms with Gasteiger partial charge in [0.15, 0.2) is 0 Å². The number of sulfonamides is 1. The van der Waals surface area contributed by atoms with Crippen molar-refractivity contribution < 1.29 is 26.8 Å². The van der Waals surface area contributed by atoms with Crippen molar-refractivity contribution in [2.24, 2.45) is 0 Å². The van der Waals surface area contributed by atoms with Crippen LogP contribution in [0.3, 0.4) is 0 Å². The summed E-state index contributed by atoms with van der Waals surface area (Å²) in [6.45, 7) is -0.0372. The minimum atomic E-state index is -3.91. The highest BCUT2D eigenvalue weighted by atomic mass is 32.2. The third-order valence-electron chi connectivity index (χ3n) is 5.66. The van der Waals surface area contributed by atoms with Crippen LogP contribution in [0.2, 0.25) is 0 Å². The standard InChI is InChI=1S/C25H20FN3O5S/c1-33-25-17(7-5-12-27-25)20-21-19(10-9-15-11-13-34-23(15)21)29(14-16-6-3-4-8-18(16)26)22(20)24(30)28-35(2,31)32/h3-13H,14H2,1-2H3,(H,28,30). The predicted molar refractivity (Wildman–Crippen MR) is 129 cm³/mol. The summed E-state index contributed by atoms with van der Waals surface area (Å²) in [6.07, 6.45) is 3.96. The number of nitrogens with one attached hydrogen (secondary N) is 1. The number of carbonyl (C=O) groups is 1. The van der Waals surface area contributed by atoms with Crippen molar-refractivity contribution in [1.82, 2.24) is 14.3 Å². The van der Waals surface area contributed by atoms with Crippen molar-refractivity contribution in [3.63, 3.8) is 0 Å². The Hall–Kier alpha value is -4.18. The van der Waals surface area contributed by atoms with Gasteiger partial charge >= 0.3 is 0 Å². The third kappa shape index (κ3) is 4.01. The molecule has 0 unspecified atom stereocenters. The number of carbonyl (C=O) groups excluding carboxylic acids is 1. The summed E-state index contributed by atoms with van der Waals surface area (Å²) in [6, 6.07) is 15.0. The summed E-state index contributed by atoms with van der Waals surface area (Å²) >= 11 is 0. The molecule has 1 amide bonds. The maximum Gasteiger partial charge on any atom is 0.282 e. The second-order valence-electron chi connectivity index (χ2n) is 7.96. The van der Waals surface area contributed by atoms with Crippen LogP contribution >= 0.6 is 0 Å². The first-order valence-electron chi connectivity index (χ1n) is 10.6. The number of pyridine rings is 1. The van der Waals surface area contributed by atoms with E-state index in [9.17, 15) is 17.6 Å². The minimum Gasteiger partial charge on any atom is -0.481 e. The minimum absolute atomic E-state index is 0.00359. The van der Waals surface area contributed by atoms with E-state index in [2.05, 4.69) is 9.71 Å². The van der Waals surface area contributed by atoms with Gasteiger partial charge in [-0.2, -0.15) is 0 Å². The Balaban J connectivity index is 1.93. The highest BCUT2D eigenvalue weighted by Crippen LogP contribution is 2.42. The Kier molecular flexibility index (Phi) is 5.52. The average molecular weight is 494 g/mol. The molecule has 1 N–H and O–H groups in total. The Morgan fingerprint density at radius 2 is 1.94 bits per heavy atom. The number of furan rings is 1. The zero-order valence-corrected chi connectivity index (χ0v) is 19.6. The molecule has 0 aliphatic rings. The molecule has 0 saturated heterocycles. The topological polar surface area (TPSA) is 103 Å². The van der Waals surface area contributed by atoms with Crippen LogP contribution in [0.4, 0.5) is 4.39 Å². The lowest BCUT2D eigenvalue weighted by Crippen LogP contribution is -2.31. The van der Waals surface area contributed by atoms with Crippen molar-refractivity contribution in [1.29, 1.82) is 0 Å². The maximum absolute atomic E-state index is 14.7. The quantitative estimate of drug-likeness (QED) is 0.378. The van der Waals surface area contributed by atoms with Crippen LogP contribution in [0.15, 0.2) is 71.5 Å². The summed E-state index contributed by atoms with van der Waals surface area (Å²) in [5, 5.41) is 1.33. The fourth-order valence-corrected chi connectivity index (χ4v) is 4.72. The molecular weight excluding hydrogens is 473 g/mol. The van der Waals surface area contributed by atoms with E-state index >= 15 is 0 Å². The van der Waals surface area contributed by atoms with Crippen LogP contribution < -0.4 is 9.46 Å². The number of hydrogen-bond acceptors (Lipinski definition) is 6. The lowest BCUT2D eigenvalue weighted by molar-refractivity contribution is 0.0974. The molecule has 2 aromatic carbocycles. The Morgan fingerprint density at radius 1 is 1.14 bits per heavy atom. The molecule has 5 aromatic rings.